The van der Waals surface area contributed by atoms with E-state index < -0.39 is 10.7 Å². The fourth-order valence-corrected chi connectivity index (χ4v) is 2.30. The molecular weight excluding hydrogens is 236 g/mol. The topological polar surface area (TPSA) is 43.4 Å². The highest BCUT2D eigenvalue weighted by atomic mass is 32.2. The maximum atomic E-state index is 11.8. The van der Waals surface area contributed by atoms with Crippen LogP contribution < -0.4 is 0 Å². The maximum absolute atomic E-state index is 11.8. The molecule has 0 saturated carbocycles. The fourth-order valence-electron chi connectivity index (χ4n) is 1.25. The number of hydrogen-bond donors (Lipinski definition) is 0. The molecule has 0 spiro atoms. The second kappa shape index (κ2) is 5.87. The highest BCUT2D eigenvalue weighted by Gasteiger charge is 2.41. The van der Waals surface area contributed by atoms with Gasteiger partial charge in [-0.15, -0.1) is 0 Å². The van der Waals surface area contributed by atoms with Gasteiger partial charge in [-0.3, -0.25) is 9.59 Å². The summed E-state index contributed by atoms with van der Waals surface area (Å²) in [5.41, 5.74) is 0. The lowest BCUT2D eigenvalue weighted by Crippen LogP contribution is -2.40. The summed E-state index contributed by atoms with van der Waals surface area (Å²) in [6.07, 6.45) is 0. The zero-order chi connectivity index (χ0) is 12.9. The Morgan fingerprint density at radius 3 is 2.35 bits per heavy atom. The van der Waals surface area contributed by atoms with Crippen LogP contribution in [0.25, 0.3) is 0 Å². The summed E-state index contributed by atoms with van der Waals surface area (Å²) in [7, 11) is 0. The monoisotopic (exact) mass is 252 g/mol. The Labute approximate surface area is 106 Å². The predicted molar refractivity (Wildman–Crippen MR) is 68.0 cm³/mol. The summed E-state index contributed by atoms with van der Waals surface area (Å²) in [5, 5.41) is 0. The third-order valence-corrected chi connectivity index (χ3v) is 3.77. The number of carbonyl (C=O) groups is 2. The van der Waals surface area contributed by atoms with Crippen molar-refractivity contribution in [1.82, 2.24) is 0 Å². The van der Waals surface area contributed by atoms with Gasteiger partial charge in [0.2, 0.25) is 0 Å². The molecule has 0 bridgehead atoms. The van der Waals surface area contributed by atoms with Gasteiger partial charge in [0, 0.05) is 4.90 Å². The molecule has 0 radical (unpaired) electrons. The number of Topliss-reactive ketones (excluding diaryl/α,β-unsaturated/α-hetero) is 1. The van der Waals surface area contributed by atoms with Crippen molar-refractivity contribution in [2.45, 2.75) is 30.4 Å². The van der Waals surface area contributed by atoms with E-state index >= 15 is 0 Å². The normalized spacial score (nSPS) is 13.8. The molecule has 0 aliphatic carbocycles. The third kappa shape index (κ3) is 3.33. The first-order valence-electron chi connectivity index (χ1n) is 5.43. The van der Waals surface area contributed by atoms with Crippen LogP contribution in [0.15, 0.2) is 35.2 Å². The summed E-state index contributed by atoms with van der Waals surface area (Å²) < 4.78 is 3.79. The van der Waals surface area contributed by atoms with Crippen LogP contribution >= 0.6 is 11.8 Å². The van der Waals surface area contributed by atoms with Crippen molar-refractivity contribution in [1.29, 1.82) is 0 Å². The molecule has 0 aromatic heterocycles. The van der Waals surface area contributed by atoms with E-state index in [0.717, 1.165) is 4.90 Å². The van der Waals surface area contributed by atoms with Crippen molar-refractivity contribution in [2.75, 3.05) is 6.61 Å². The van der Waals surface area contributed by atoms with Crippen LogP contribution in [0.1, 0.15) is 20.8 Å². The molecule has 0 heterocycles. The molecule has 1 aromatic rings. The minimum Gasteiger partial charge on any atom is -0.465 e. The molecule has 92 valence electrons. The van der Waals surface area contributed by atoms with Gasteiger partial charge in [-0.1, -0.05) is 30.0 Å². The number of benzene rings is 1. The minimum atomic E-state index is -1.17. The molecule has 0 saturated heterocycles. The van der Waals surface area contributed by atoms with E-state index in [1.807, 2.05) is 30.3 Å². The summed E-state index contributed by atoms with van der Waals surface area (Å²) in [6, 6.07) is 9.36. The zero-order valence-corrected chi connectivity index (χ0v) is 11.0. The van der Waals surface area contributed by atoms with Gasteiger partial charge in [0.25, 0.3) is 0 Å². The molecule has 1 aromatic carbocycles. The Balaban J connectivity index is 2.93. The Hall–Kier alpha value is -1.29. The van der Waals surface area contributed by atoms with Crippen LogP contribution in [0.3, 0.4) is 0 Å². The highest BCUT2D eigenvalue weighted by molar-refractivity contribution is 8.02. The first-order valence-corrected chi connectivity index (χ1v) is 6.24. The average molecular weight is 252 g/mol. The molecule has 1 unspecified atom stereocenters. The second-order valence-corrected chi connectivity index (χ2v) is 5.22. The number of ketones is 1. The summed E-state index contributed by atoms with van der Waals surface area (Å²) in [5.74, 6) is -0.689. The number of thioether (sulfide) groups is 1. The summed E-state index contributed by atoms with van der Waals surface area (Å²) in [4.78, 5) is 24.4. The van der Waals surface area contributed by atoms with Crippen LogP contribution in [0.2, 0.25) is 0 Å². The van der Waals surface area contributed by atoms with Crippen molar-refractivity contribution < 1.29 is 14.3 Å². The van der Waals surface area contributed by atoms with Crippen molar-refractivity contribution in [2.24, 2.45) is 0 Å². The molecule has 1 atom stereocenters. The van der Waals surface area contributed by atoms with Gasteiger partial charge in [0.15, 0.2) is 10.5 Å². The first kappa shape index (κ1) is 13.8. The number of ether oxygens (including phenoxy) is 1. The van der Waals surface area contributed by atoms with Crippen molar-refractivity contribution in [3.05, 3.63) is 30.3 Å². The number of esters is 1. The molecule has 0 fully saturated rings. The summed E-state index contributed by atoms with van der Waals surface area (Å²) in [6.45, 7) is 5.01. The van der Waals surface area contributed by atoms with Crippen molar-refractivity contribution in [3.8, 4) is 0 Å². The summed E-state index contributed by atoms with van der Waals surface area (Å²) >= 11 is 1.22. The van der Waals surface area contributed by atoms with Gasteiger partial charge in [-0.05, 0) is 32.9 Å². The van der Waals surface area contributed by atoms with Gasteiger partial charge < -0.3 is 4.74 Å². The Bertz CT molecular complexity index is 402. The van der Waals surface area contributed by atoms with E-state index in [9.17, 15) is 9.59 Å². The van der Waals surface area contributed by atoms with E-state index in [1.54, 1.807) is 13.8 Å². The van der Waals surface area contributed by atoms with Crippen LogP contribution in [0.4, 0.5) is 0 Å². The van der Waals surface area contributed by atoms with E-state index in [1.165, 1.54) is 18.7 Å². The van der Waals surface area contributed by atoms with E-state index in [-0.39, 0.29) is 12.4 Å². The molecule has 4 heteroatoms. The Morgan fingerprint density at radius 1 is 1.29 bits per heavy atom. The van der Waals surface area contributed by atoms with Gasteiger partial charge in [0.05, 0.1) is 6.61 Å². The number of carbonyl (C=O) groups excluding carboxylic acids is 2. The number of hydrogen-bond acceptors (Lipinski definition) is 4. The smallest absolute Gasteiger partial charge is 0.329 e. The predicted octanol–water partition coefficient (Wildman–Crippen LogP) is 2.69. The molecule has 0 aliphatic rings. The van der Waals surface area contributed by atoms with E-state index in [2.05, 4.69) is 0 Å². The average Bonchev–Trinajstić information content (AvgIpc) is 2.30. The largest absolute Gasteiger partial charge is 0.465 e. The van der Waals surface area contributed by atoms with Crippen LogP contribution in [-0.4, -0.2) is 23.1 Å². The fraction of sp³-hybridized carbons (Fsp3) is 0.385. The highest BCUT2D eigenvalue weighted by Crippen LogP contribution is 2.34. The molecule has 17 heavy (non-hydrogen) atoms. The zero-order valence-electron chi connectivity index (χ0n) is 10.2. The molecule has 0 N–H and O–H groups in total. The maximum Gasteiger partial charge on any atom is 0.329 e. The second-order valence-electron chi connectivity index (χ2n) is 3.73. The molecular formula is C13H16O3S. The van der Waals surface area contributed by atoms with E-state index in [4.69, 9.17) is 4.74 Å². The quantitative estimate of drug-likeness (QED) is 0.459. The lowest BCUT2D eigenvalue weighted by atomic mass is 10.1. The van der Waals surface area contributed by atoms with Crippen molar-refractivity contribution >= 4 is 23.5 Å². The van der Waals surface area contributed by atoms with Crippen LogP contribution in [0, 0.1) is 0 Å². The van der Waals surface area contributed by atoms with E-state index in [0.29, 0.717) is 0 Å². The molecule has 3 nitrogen and oxygen atoms in total. The first-order chi connectivity index (χ1) is 8.00. The Morgan fingerprint density at radius 2 is 1.88 bits per heavy atom. The van der Waals surface area contributed by atoms with Crippen LogP contribution in [-0.2, 0) is 14.3 Å². The number of rotatable bonds is 5. The molecule has 0 aliphatic heterocycles. The minimum absolute atomic E-state index is 0.204. The van der Waals surface area contributed by atoms with Crippen LogP contribution in [0.5, 0.6) is 0 Å². The van der Waals surface area contributed by atoms with Gasteiger partial charge in [-0.2, -0.15) is 0 Å². The Kier molecular flexibility index (Phi) is 4.75. The van der Waals surface area contributed by atoms with Crippen molar-refractivity contribution in [3.63, 3.8) is 0 Å². The van der Waals surface area contributed by atoms with Gasteiger partial charge in [0.1, 0.15) is 0 Å². The van der Waals surface area contributed by atoms with Gasteiger partial charge >= 0.3 is 5.97 Å². The SMILES string of the molecule is CCOC(=O)C(C)(Sc1ccccc1)C(C)=O. The van der Waals surface area contributed by atoms with Gasteiger partial charge in [-0.25, -0.2) is 0 Å². The molecule has 0 amide bonds. The standard InChI is InChI=1S/C13H16O3S/c1-4-16-12(15)13(3,10(2)14)17-11-8-6-5-7-9-11/h5-9H,4H2,1-3H3. The third-order valence-electron chi connectivity index (χ3n) is 2.40. The lowest BCUT2D eigenvalue weighted by Gasteiger charge is -2.23. The molecule has 1 rings (SSSR count). The lowest BCUT2D eigenvalue weighted by molar-refractivity contribution is -0.148.